The molecule has 0 saturated carbocycles. The second kappa shape index (κ2) is 10.1. The van der Waals surface area contributed by atoms with Crippen molar-refractivity contribution in [3.8, 4) is 5.75 Å². The summed E-state index contributed by atoms with van der Waals surface area (Å²) in [6.45, 7) is 7.39. The van der Waals surface area contributed by atoms with Gasteiger partial charge >= 0.3 is 0 Å². The Balaban J connectivity index is 1.18. The summed E-state index contributed by atoms with van der Waals surface area (Å²) in [4.78, 5) is 13.4. The zero-order valence-corrected chi connectivity index (χ0v) is 22.6. The third kappa shape index (κ3) is 5.43. The molecule has 4 aromatic rings. The van der Waals surface area contributed by atoms with E-state index < -0.39 is 0 Å². The van der Waals surface area contributed by atoms with Crippen molar-refractivity contribution < 1.29 is 9.53 Å². The maximum absolute atomic E-state index is 13.4. The van der Waals surface area contributed by atoms with Gasteiger partial charge in [0.15, 0.2) is 5.78 Å². The molecule has 2 heterocycles. The third-order valence-corrected chi connectivity index (χ3v) is 7.37. The number of aromatic nitrogens is 3. The van der Waals surface area contributed by atoms with E-state index in [9.17, 15) is 4.79 Å². The lowest BCUT2D eigenvalue weighted by Crippen LogP contribution is -2.31. The summed E-state index contributed by atoms with van der Waals surface area (Å²) in [6, 6.07) is 24.3. The fourth-order valence-corrected chi connectivity index (χ4v) is 5.42. The number of ketones is 1. The maximum atomic E-state index is 13.4. The molecule has 0 fully saturated rings. The molecule has 39 heavy (non-hydrogen) atoms. The van der Waals surface area contributed by atoms with Crippen LogP contribution >= 0.6 is 0 Å². The number of aryl methyl sites for hydroxylation is 1. The second-order valence-corrected chi connectivity index (χ2v) is 11.3. The van der Waals surface area contributed by atoms with Crippen molar-refractivity contribution in [3.63, 3.8) is 0 Å². The summed E-state index contributed by atoms with van der Waals surface area (Å²) in [6.07, 6.45) is 3.28. The SMILES string of the molecule is Cc1ccc(Cn2cc(COc3ccc(C4Nc5ccccc5NC5=C4C(=O)CC(C)(C)C5)cc3)nn2)cc1. The quantitative estimate of drug-likeness (QED) is 0.305. The summed E-state index contributed by atoms with van der Waals surface area (Å²) in [5.41, 5.74) is 7.93. The number of anilines is 2. The predicted molar refractivity (Wildman–Crippen MR) is 153 cm³/mol. The predicted octanol–water partition coefficient (Wildman–Crippen LogP) is 6.44. The molecule has 0 bridgehead atoms. The summed E-state index contributed by atoms with van der Waals surface area (Å²) in [5.74, 6) is 0.928. The van der Waals surface area contributed by atoms with Crippen LogP contribution in [0.4, 0.5) is 11.4 Å². The summed E-state index contributed by atoms with van der Waals surface area (Å²) >= 11 is 0. The highest BCUT2D eigenvalue weighted by atomic mass is 16.5. The highest BCUT2D eigenvalue weighted by molar-refractivity contribution is 6.01. The number of para-hydroxylation sites is 2. The van der Waals surface area contributed by atoms with Gasteiger partial charge in [0, 0.05) is 17.7 Å². The van der Waals surface area contributed by atoms with Crippen LogP contribution in [0.5, 0.6) is 5.75 Å². The normalized spacial score (nSPS) is 17.9. The highest BCUT2D eigenvalue weighted by Gasteiger charge is 2.38. The standard InChI is InChI=1S/C32H33N5O2/c1-21-8-10-22(11-9-21)18-37-19-24(35-36-37)20-39-25-14-12-23(13-15-25)31-30-28(16-32(2,3)17-29(30)38)33-26-6-4-5-7-27(26)34-31/h4-15,19,31,33-34H,16-18,20H2,1-3H3. The van der Waals surface area contributed by atoms with Gasteiger partial charge in [0.25, 0.3) is 0 Å². The number of carbonyl (C=O) groups is 1. The van der Waals surface area contributed by atoms with Crippen LogP contribution in [0.1, 0.15) is 55.1 Å². The van der Waals surface area contributed by atoms with Crippen molar-refractivity contribution in [2.75, 3.05) is 10.6 Å². The highest BCUT2D eigenvalue weighted by Crippen LogP contribution is 2.45. The topological polar surface area (TPSA) is 81.1 Å². The smallest absolute Gasteiger partial charge is 0.163 e. The van der Waals surface area contributed by atoms with E-state index in [-0.39, 0.29) is 17.2 Å². The van der Waals surface area contributed by atoms with E-state index in [0.717, 1.165) is 46.1 Å². The van der Waals surface area contributed by atoms with Gasteiger partial charge in [-0.3, -0.25) is 4.79 Å². The van der Waals surface area contributed by atoms with Gasteiger partial charge in [0.05, 0.1) is 30.2 Å². The molecule has 1 aromatic heterocycles. The van der Waals surface area contributed by atoms with Gasteiger partial charge in [-0.2, -0.15) is 0 Å². The first-order chi connectivity index (χ1) is 18.8. The maximum Gasteiger partial charge on any atom is 0.163 e. The summed E-state index contributed by atoms with van der Waals surface area (Å²) in [5, 5.41) is 15.7. The number of ether oxygens (including phenoxy) is 1. The minimum Gasteiger partial charge on any atom is -0.487 e. The molecule has 6 rings (SSSR count). The van der Waals surface area contributed by atoms with Gasteiger partial charge in [0.2, 0.25) is 0 Å². The molecule has 1 unspecified atom stereocenters. The molecule has 0 amide bonds. The third-order valence-electron chi connectivity index (χ3n) is 7.37. The number of carbonyl (C=O) groups excluding carboxylic acids is 1. The number of benzene rings is 3. The molecule has 2 aliphatic rings. The molecule has 3 aromatic carbocycles. The van der Waals surface area contributed by atoms with E-state index in [4.69, 9.17) is 4.74 Å². The van der Waals surface area contributed by atoms with Gasteiger partial charge in [-0.15, -0.1) is 5.10 Å². The van der Waals surface area contributed by atoms with E-state index in [2.05, 4.69) is 72.0 Å². The number of hydrogen-bond donors (Lipinski definition) is 2. The Labute approximate surface area is 228 Å². The monoisotopic (exact) mass is 519 g/mol. The zero-order chi connectivity index (χ0) is 27.0. The molecular formula is C32H33N5O2. The molecule has 198 valence electrons. The van der Waals surface area contributed by atoms with E-state index in [1.165, 1.54) is 11.1 Å². The van der Waals surface area contributed by atoms with Crippen LogP contribution < -0.4 is 15.4 Å². The first-order valence-corrected chi connectivity index (χ1v) is 13.4. The van der Waals surface area contributed by atoms with Crippen LogP contribution in [0.2, 0.25) is 0 Å². The Morgan fingerprint density at radius 1 is 0.974 bits per heavy atom. The Kier molecular flexibility index (Phi) is 6.43. The van der Waals surface area contributed by atoms with E-state index in [1.54, 1.807) is 0 Å². The number of allylic oxidation sites excluding steroid dienone is 1. The van der Waals surface area contributed by atoms with E-state index >= 15 is 0 Å². The van der Waals surface area contributed by atoms with Crippen molar-refractivity contribution in [2.24, 2.45) is 5.41 Å². The van der Waals surface area contributed by atoms with Crippen LogP contribution in [-0.4, -0.2) is 20.8 Å². The fraction of sp³-hybridized carbons (Fsp3) is 0.281. The fourth-order valence-electron chi connectivity index (χ4n) is 5.42. The zero-order valence-electron chi connectivity index (χ0n) is 22.6. The van der Waals surface area contributed by atoms with Crippen LogP contribution in [0.3, 0.4) is 0 Å². The number of Topliss-reactive ketones (excluding diaryl/α,β-unsaturated/α-hetero) is 1. The average molecular weight is 520 g/mol. The molecule has 1 aliphatic carbocycles. The molecule has 7 nitrogen and oxygen atoms in total. The molecule has 7 heteroatoms. The van der Waals surface area contributed by atoms with Gasteiger partial charge in [-0.1, -0.05) is 73.2 Å². The van der Waals surface area contributed by atoms with E-state index in [0.29, 0.717) is 19.6 Å². The van der Waals surface area contributed by atoms with Crippen molar-refractivity contribution in [1.82, 2.24) is 15.0 Å². The van der Waals surface area contributed by atoms with Crippen molar-refractivity contribution in [3.05, 3.63) is 113 Å². The molecule has 0 saturated heterocycles. The summed E-state index contributed by atoms with van der Waals surface area (Å²) < 4.78 is 7.85. The van der Waals surface area contributed by atoms with Crippen molar-refractivity contribution >= 4 is 17.2 Å². The minimum absolute atomic E-state index is 0.0770. The molecule has 2 N–H and O–H groups in total. The van der Waals surface area contributed by atoms with Crippen LogP contribution in [0, 0.1) is 12.3 Å². The largest absolute Gasteiger partial charge is 0.487 e. The van der Waals surface area contributed by atoms with Crippen LogP contribution in [-0.2, 0) is 17.9 Å². The lowest BCUT2D eigenvalue weighted by Gasteiger charge is -2.34. The molecule has 1 atom stereocenters. The Hall–Kier alpha value is -4.39. The van der Waals surface area contributed by atoms with Gasteiger partial charge in [-0.05, 0) is 54.2 Å². The number of nitrogens with zero attached hydrogens (tertiary/aromatic N) is 3. The minimum atomic E-state index is -0.240. The number of rotatable bonds is 6. The molecule has 0 spiro atoms. The van der Waals surface area contributed by atoms with Gasteiger partial charge in [0.1, 0.15) is 18.1 Å². The van der Waals surface area contributed by atoms with Crippen LogP contribution in [0.15, 0.2) is 90.3 Å². The first kappa shape index (κ1) is 24.9. The number of nitrogens with one attached hydrogen (secondary N) is 2. The number of fused-ring (bicyclic) bond motifs is 1. The first-order valence-electron chi connectivity index (χ1n) is 13.4. The Morgan fingerprint density at radius 3 is 2.49 bits per heavy atom. The Morgan fingerprint density at radius 2 is 1.72 bits per heavy atom. The van der Waals surface area contributed by atoms with Crippen molar-refractivity contribution in [1.29, 1.82) is 0 Å². The molecular weight excluding hydrogens is 486 g/mol. The van der Waals surface area contributed by atoms with E-state index in [1.807, 2.05) is 53.3 Å². The van der Waals surface area contributed by atoms with Gasteiger partial charge < -0.3 is 15.4 Å². The summed E-state index contributed by atoms with van der Waals surface area (Å²) in [7, 11) is 0. The second-order valence-electron chi connectivity index (χ2n) is 11.3. The van der Waals surface area contributed by atoms with Crippen molar-refractivity contribution in [2.45, 2.75) is 52.8 Å². The lowest BCUT2D eigenvalue weighted by molar-refractivity contribution is -0.118. The molecule has 0 radical (unpaired) electrons. The average Bonchev–Trinajstić information content (AvgIpc) is 3.28. The van der Waals surface area contributed by atoms with Gasteiger partial charge in [-0.25, -0.2) is 4.68 Å². The number of hydrogen-bond acceptors (Lipinski definition) is 6. The Bertz CT molecular complexity index is 1530. The van der Waals surface area contributed by atoms with Crippen LogP contribution in [0.25, 0.3) is 0 Å². The lowest BCUT2D eigenvalue weighted by atomic mass is 9.73. The molecule has 1 aliphatic heterocycles.